The van der Waals surface area contributed by atoms with Gasteiger partial charge in [-0.1, -0.05) is 20.8 Å². The first-order chi connectivity index (χ1) is 11.5. The van der Waals surface area contributed by atoms with Crippen LogP contribution in [0.5, 0.6) is 0 Å². The third kappa shape index (κ3) is 5.42. The normalized spacial score (nSPS) is 18.8. The molecule has 1 aromatic heterocycles. The third-order valence-corrected chi connectivity index (χ3v) is 4.66. The average Bonchev–Trinajstić information content (AvgIpc) is 2.94. The van der Waals surface area contributed by atoms with Gasteiger partial charge in [-0.15, -0.1) is 0 Å². The van der Waals surface area contributed by atoms with Crippen molar-refractivity contribution < 1.29 is 14.3 Å². The van der Waals surface area contributed by atoms with Crippen molar-refractivity contribution in [2.24, 2.45) is 0 Å². The Morgan fingerprint density at radius 2 is 1.92 bits per heavy atom. The molecule has 1 atom stereocenters. The Kier molecular flexibility index (Phi) is 5.76. The summed E-state index contributed by atoms with van der Waals surface area (Å²) in [5.41, 5.74) is 0.308. The molecule has 7 heteroatoms. The molecule has 0 saturated carbocycles. The van der Waals surface area contributed by atoms with E-state index in [0.29, 0.717) is 18.0 Å². The standard InChI is InChI=1S/C18H29N3O3S/c1-17(2,3)13-11-14(25-20-13)19-15(22)12-9-7-8-10-21(12)16(23)24-18(4,5)6/h11-12H,7-10H2,1-6H3,(H,19,22)/t12-/m0/s1. The van der Waals surface area contributed by atoms with E-state index in [1.165, 1.54) is 11.5 Å². The monoisotopic (exact) mass is 367 g/mol. The average molecular weight is 368 g/mol. The van der Waals surface area contributed by atoms with E-state index in [4.69, 9.17) is 4.74 Å². The molecule has 2 amide bonds. The van der Waals surface area contributed by atoms with Gasteiger partial charge in [0.1, 0.15) is 16.6 Å². The van der Waals surface area contributed by atoms with Gasteiger partial charge >= 0.3 is 6.09 Å². The fourth-order valence-electron chi connectivity index (χ4n) is 2.64. The highest BCUT2D eigenvalue weighted by Gasteiger charge is 2.35. The fourth-order valence-corrected chi connectivity index (χ4v) is 3.47. The number of likely N-dealkylation sites (tertiary alicyclic amines) is 1. The fraction of sp³-hybridized carbons (Fsp3) is 0.722. The number of amides is 2. The quantitative estimate of drug-likeness (QED) is 0.851. The van der Waals surface area contributed by atoms with Crippen molar-refractivity contribution >= 4 is 28.5 Å². The summed E-state index contributed by atoms with van der Waals surface area (Å²) < 4.78 is 9.86. The van der Waals surface area contributed by atoms with Crippen molar-refractivity contribution in [3.8, 4) is 0 Å². The number of carbonyl (C=O) groups excluding carboxylic acids is 2. The Balaban J connectivity index is 2.07. The smallest absolute Gasteiger partial charge is 0.410 e. The largest absolute Gasteiger partial charge is 0.444 e. The Bertz CT molecular complexity index is 628. The van der Waals surface area contributed by atoms with Gasteiger partial charge < -0.3 is 10.1 Å². The first-order valence-electron chi connectivity index (χ1n) is 8.75. The summed E-state index contributed by atoms with van der Waals surface area (Å²) in [4.78, 5) is 26.7. The van der Waals surface area contributed by atoms with Gasteiger partial charge in [-0.2, -0.15) is 4.37 Å². The Morgan fingerprint density at radius 3 is 2.48 bits per heavy atom. The molecule has 1 fully saturated rings. The zero-order chi connectivity index (χ0) is 18.8. The molecule has 2 rings (SSSR count). The number of hydrogen-bond acceptors (Lipinski definition) is 5. The number of hydrogen-bond donors (Lipinski definition) is 1. The van der Waals surface area contributed by atoms with Gasteiger partial charge in [0, 0.05) is 12.0 Å². The summed E-state index contributed by atoms with van der Waals surface area (Å²) in [7, 11) is 0. The van der Waals surface area contributed by atoms with Crippen LogP contribution < -0.4 is 5.32 Å². The molecule has 2 heterocycles. The van der Waals surface area contributed by atoms with Crippen molar-refractivity contribution in [1.29, 1.82) is 0 Å². The molecule has 1 aromatic rings. The SMILES string of the molecule is CC(C)(C)OC(=O)N1CCCC[C@H]1C(=O)Nc1cc(C(C)(C)C)ns1. The van der Waals surface area contributed by atoms with Gasteiger partial charge in [-0.25, -0.2) is 4.79 Å². The van der Waals surface area contributed by atoms with Crippen LogP contribution in [-0.4, -0.2) is 39.5 Å². The Morgan fingerprint density at radius 1 is 1.24 bits per heavy atom. The van der Waals surface area contributed by atoms with E-state index < -0.39 is 17.7 Å². The van der Waals surface area contributed by atoms with Crippen molar-refractivity contribution in [3.05, 3.63) is 11.8 Å². The summed E-state index contributed by atoms with van der Waals surface area (Å²) in [5.74, 6) is -0.172. The summed E-state index contributed by atoms with van der Waals surface area (Å²) in [6, 6.07) is 1.41. The van der Waals surface area contributed by atoms with Crippen LogP contribution in [0.4, 0.5) is 9.80 Å². The van der Waals surface area contributed by atoms with Crippen LogP contribution in [0, 0.1) is 0 Å². The Hall–Kier alpha value is -1.63. The highest BCUT2D eigenvalue weighted by molar-refractivity contribution is 7.10. The number of ether oxygens (including phenoxy) is 1. The van der Waals surface area contributed by atoms with E-state index in [1.54, 1.807) is 4.90 Å². The third-order valence-electron chi connectivity index (χ3n) is 3.96. The molecular formula is C18H29N3O3S. The van der Waals surface area contributed by atoms with E-state index in [2.05, 4.69) is 30.5 Å². The van der Waals surface area contributed by atoms with E-state index in [1.807, 2.05) is 26.8 Å². The molecule has 0 aliphatic carbocycles. The molecule has 1 saturated heterocycles. The van der Waals surface area contributed by atoms with Gasteiger partial charge in [-0.05, 0) is 57.6 Å². The van der Waals surface area contributed by atoms with Crippen LogP contribution in [0.25, 0.3) is 0 Å². The van der Waals surface area contributed by atoms with Gasteiger partial charge in [0.25, 0.3) is 0 Å². The van der Waals surface area contributed by atoms with Gasteiger partial charge in [-0.3, -0.25) is 9.69 Å². The van der Waals surface area contributed by atoms with E-state index in [-0.39, 0.29) is 11.3 Å². The molecule has 6 nitrogen and oxygen atoms in total. The number of piperidine rings is 1. The minimum absolute atomic E-state index is 0.0626. The molecule has 25 heavy (non-hydrogen) atoms. The zero-order valence-electron chi connectivity index (χ0n) is 16.0. The van der Waals surface area contributed by atoms with Crippen LogP contribution in [0.15, 0.2) is 6.07 Å². The van der Waals surface area contributed by atoms with Gasteiger partial charge in [0.05, 0.1) is 5.69 Å². The summed E-state index contributed by atoms with van der Waals surface area (Å²) >= 11 is 1.27. The number of nitrogens with one attached hydrogen (secondary N) is 1. The molecule has 1 aliphatic rings. The predicted molar refractivity (Wildman–Crippen MR) is 100 cm³/mol. The van der Waals surface area contributed by atoms with Crippen LogP contribution in [0.2, 0.25) is 0 Å². The number of aromatic nitrogens is 1. The lowest BCUT2D eigenvalue weighted by molar-refractivity contribution is -0.122. The molecule has 0 radical (unpaired) electrons. The van der Waals surface area contributed by atoms with Gasteiger partial charge in [0.2, 0.25) is 5.91 Å². The molecule has 1 N–H and O–H groups in total. The molecule has 0 spiro atoms. The van der Waals surface area contributed by atoms with Crippen molar-refractivity contribution in [3.63, 3.8) is 0 Å². The highest BCUT2D eigenvalue weighted by atomic mass is 32.1. The topological polar surface area (TPSA) is 71.5 Å². The first-order valence-corrected chi connectivity index (χ1v) is 9.52. The van der Waals surface area contributed by atoms with Crippen molar-refractivity contribution in [2.45, 2.75) is 77.9 Å². The van der Waals surface area contributed by atoms with E-state index in [0.717, 1.165) is 18.5 Å². The van der Waals surface area contributed by atoms with Crippen molar-refractivity contribution in [1.82, 2.24) is 9.27 Å². The predicted octanol–water partition coefficient (Wildman–Crippen LogP) is 4.17. The van der Waals surface area contributed by atoms with Gasteiger partial charge in [0.15, 0.2) is 0 Å². The minimum Gasteiger partial charge on any atom is -0.444 e. The van der Waals surface area contributed by atoms with Crippen LogP contribution in [-0.2, 0) is 14.9 Å². The number of nitrogens with zero attached hydrogens (tertiary/aromatic N) is 2. The van der Waals surface area contributed by atoms with E-state index in [9.17, 15) is 9.59 Å². The molecule has 140 valence electrons. The summed E-state index contributed by atoms with van der Waals surface area (Å²) in [6.07, 6.45) is 2.04. The second-order valence-corrected chi connectivity index (χ2v) is 9.31. The molecule has 0 unspecified atom stereocenters. The molecule has 1 aliphatic heterocycles. The number of rotatable bonds is 2. The molecule has 0 bridgehead atoms. The summed E-state index contributed by atoms with van der Waals surface area (Å²) in [5, 5.41) is 3.63. The minimum atomic E-state index is -0.575. The van der Waals surface area contributed by atoms with Crippen LogP contribution >= 0.6 is 11.5 Å². The molecule has 0 aromatic carbocycles. The van der Waals surface area contributed by atoms with E-state index >= 15 is 0 Å². The van der Waals surface area contributed by atoms with Crippen LogP contribution in [0.3, 0.4) is 0 Å². The molecular weight excluding hydrogens is 338 g/mol. The first kappa shape index (κ1) is 19.7. The maximum Gasteiger partial charge on any atom is 0.410 e. The lowest BCUT2D eigenvalue weighted by Crippen LogP contribution is -2.51. The summed E-state index contributed by atoms with van der Waals surface area (Å²) in [6.45, 7) is 12.3. The maximum atomic E-state index is 12.7. The zero-order valence-corrected chi connectivity index (χ0v) is 16.8. The van der Waals surface area contributed by atoms with Crippen LogP contribution in [0.1, 0.15) is 66.5 Å². The highest BCUT2D eigenvalue weighted by Crippen LogP contribution is 2.28. The second kappa shape index (κ2) is 7.32. The number of carbonyl (C=O) groups is 2. The Labute approximate surface area is 154 Å². The lowest BCUT2D eigenvalue weighted by Gasteiger charge is -2.35. The number of anilines is 1. The van der Waals surface area contributed by atoms with Crippen molar-refractivity contribution in [2.75, 3.05) is 11.9 Å². The maximum absolute atomic E-state index is 12.7. The second-order valence-electron chi connectivity index (χ2n) is 8.50. The lowest BCUT2D eigenvalue weighted by atomic mass is 9.92.